The SMILES string of the molecule is Cc1nccc(CNCc2cn(C(C)(C)C)nn2)n1. The quantitative estimate of drug-likeness (QED) is 0.900. The van der Waals surface area contributed by atoms with Crippen molar-refractivity contribution in [3.63, 3.8) is 0 Å². The first kappa shape index (κ1) is 13.6. The zero-order valence-corrected chi connectivity index (χ0v) is 11.9. The summed E-state index contributed by atoms with van der Waals surface area (Å²) >= 11 is 0. The van der Waals surface area contributed by atoms with Crippen LogP contribution in [0.25, 0.3) is 0 Å². The maximum Gasteiger partial charge on any atom is 0.125 e. The molecule has 0 aliphatic carbocycles. The highest BCUT2D eigenvalue weighted by Gasteiger charge is 2.14. The Balaban J connectivity index is 1.88. The van der Waals surface area contributed by atoms with Crippen molar-refractivity contribution in [2.45, 2.75) is 46.3 Å². The van der Waals surface area contributed by atoms with Gasteiger partial charge in [-0.25, -0.2) is 14.6 Å². The molecule has 2 aromatic heterocycles. The Morgan fingerprint density at radius 3 is 2.58 bits per heavy atom. The molecular formula is C13H20N6. The van der Waals surface area contributed by atoms with Crippen LogP contribution in [0.4, 0.5) is 0 Å². The highest BCUT2D eigenvalue weighted by atomic mass is 15.4. The largest absolute Gasteiger partial charge is 0.305 e. The van der Waals surface area contributed by atoms with Gasteiger partial charge in [-0.05, 0) is 33.8 Å². The van der Waals surface area contributed by atoms with Crippen LogP contribution in [0.1, 0.15) is 38.0 Å². The van der Waals surface area contributed by atoms with Crippen LogP contribution in [-0.2, 0) is 18.6 Å². The van der Waals surface area contributed by atoms with Gasteiger partial charge in [0, 0.05) is 19.3 Å². The van der Waals surface area contributed by atoms with Crippen LogP contribution < -0.4 is 5.32 Å². The van der Waals surface area contributed by atoms with E-state index in [0.29, 0.717) is 13.1 Å². The molecule has 2 heterocycles. The van der Waals surface area contributed by atoms with Crippen molar-refractivity contribution in [3.8, 4) is 0 Å². The molecule has 6 nitrogen and oxygen atoms in total. The van der Waals surface area contributed by atoms with Gasteiger partial charge >= 0.3 is 0 Å². The fourth-order valence-electron chi connectivity index (χ4n) is 1.63. The fourth-order valence-corrected chi connectivity index (χ4v) is 1.63. The predicted molar refractivity (Wildman–Crippen MR) is 72.3 cm³/mol. The minimum atomic E-state index is -0.0327. The van der Waals surface area contributed by atoms with Gasteiger partial charge in [-0.15, -0.1) is 5.10 Å². The first-order valence-corrected chi connectivity index (χ1v) is 6.36. The Morgan fingerprint density at radius 1 is 1.21 bits per heavy atom. The van der Waals surface area contributed by atoms with Crippen molar-refractivity contribution < 1.29 is 0 Å². The summed E-state index contributed by atoms with van der Waals surface area (Å²) in [5.74, 6) is 0.790. The summed E-state index contributed by atoms with van der Waals surface area (Å²) < 4.78 is 1.87. The van der Waals surface area contributed by atoms with E-state index in [2.05, 4.69) is 46.4 Å². The summed E-state index contributed by atoms with van der Waals surface area (Å²) in [6, 6.07) is 1.91. The van der Waals surface area contributed by atoms with Crippen LogP contribution >= 0.6 is 0 Å². The Bertz CT molecular complexity index is 540. The molecule has 0 unspecified atom stereocenters. The van der Waals surface area contributed by atoms with Crippen LogP contribution in [0.2, 0.25) is 0 Å². The molecule has 0 amide bonds. The first-order valence-electron chi connectivity index (χ1n) is 6.36. The molecule has 0 bridgehead atoms. The Labute approximate surface area is 113 Å². The number of hydrogen-bond acceptors (Lipinski definition) is 5. The molecule has 0 radical (unpaired) electrons. The van der Waals surface area contributed by atoms with Crippen molar-refractivity contribution in [2.75, 3.05) is 0 Å². The average Bonchev–Trinajstić information content (AvgIpc) is 2.77. The second-order valence-electron chi connectivity index (χ2n) is 5.52. The summed E-state index contributed by atoms with van der Waals surface area (Å²) in [5, 5.41) is 11.6. The lowest BCUT2D eigenvalue weighted by molar-refractivity contribution is 0.347. The summed E-state index contributed by atoms with van der Waals surface area (Å²) in [6.07, 6.45) is 3.74. The molecule has 19 heavy (non-hydrogen) atoms. The summed E-state index contributed by atoms with van der Waals surface area (Å²) in [7, 11) is 0. The van der Waals surface area contributed by atoms with Crippen LogP contribution in [0.5, 0.6) is 0 Å². The third kappa shape index (κ3) is 3.82. The lowest BCUT2D eigenvalue weighted by Gasteiger charge is -2.17. The van der Waals surface area contributed by atoms with Crippen LogP contribution in [0.15, 0.2) is 18.5 Å². The van der Waals surface area contributed by atoms with Crippen molar-refractivity contribution in [2.24, 2.45) is 0 Å². The summed E-state index contributed by atoms with van der Waals surface area (Å²) in [5.41, 5.74) is 1.88. The zero-order valence-electron chi connectivity index (χ0n) is 11.9. The second-order valence-corrected chi connectivity index (χ2v) is 5.52. The molecular weight excluding hydrogens is 240 g/mol. The van der Waals surface area contributed by atoms with Crippen LogP contribution in [0.3, 0.4) is 0 Å². The number of aryl methyl sites for hydroxylation is 1. The van der Waals surface area contributed by atoms with Gasteiger partial charge in [-0.2, -0.15) is 0 Å². The highest BCUT2D eigenvalue weighted by molar-refractivity contribution is 5.02. The Hall–Kier alpha value is -1.82. The average molecular weight is 260 g/mol. The van der Waals surface area contributed by atoms with Gasteiger partial charge in [0.05, 0.1) is 23.1 Å². The number of aromatic nitrogens is 5. The number of rotatable bonds is 4. The smallest absolute Gasteiger partial charge is 0.125 e. The van der Waals surface area contributed by atoms with Gasteiger partial charge in [0.25, 0.3) is 0 Å². The van der Waals surface area contributed by atoms with Gasteiger partial charge in [-0.3, -0.25) is 0 Å². The molecule has 2 aromatic rings. The van der Waals surface area contributed by atoms with Crippen LogP contribution in [0, 0.1) is 6.92 Å². The van der Waals surface area contributed by atoms with Crippen molar-refractivity contribution in [1.82, 2.24) is 30.3 Å². The van der Waals surface area contributed by atoms with Gasteiger partial charge < -0.3 is 5.32 Å². The topological polar surface area (TPSA) is 68.5 Å². The normalized spacial score (nSPS) is 11.8. The molecule has 0 atom stereocenters. The number of nitrogens with zero attached hydrogens (tertiary/aromatic N) is 5. The van der Waals surface area contributed by atoms with E-state index in [1.807, 2.05) is 23.9 Å². The molecule has 0 aliphatic heterocycles. The van der Waals surface area contributed by atoms with E-state index in [0.717, 1.165) is 17.2 Å². The van der Waals surface area contributed by atoms with E-state index in [4.69, 9.17) is 0 Å². The number of nitrogens with one attached hydrogen (secondary N) is 1. The molecule has 0 saturated carbocycles. The van der Waals surface area contributed by atoms with E-state index >= 15 is 0 Å². The molecule has 0 fully saturated rings. The molecule has 0 spiro atoms. The standard InChI is InChI=1S/C13H20N6/c1-10-15-6-5-11(16-10)7-14-8-12-9-19(18-17-12)13(2,3)4/h5-6,9,14H,7-8H2,1-4H3. The predicted octanol–water partition coefficient (Wildman–Crippen LogP) is 1.42. The van der Waals surface area contributed by atoms with E-state index in [1.165, 1.54) is 0 Å². The van der Waals surface area contributed by atoms with Gasteiger partial charge in [-0.1, -0.05) is 5.21 Å². The minimum Gasteiger partial charge on any atom is -0.305 e. The molecule has 6 heteroatoms. The van der Waals surface area contributed by atoms with E-state index < -0.39 is 0 Å². The third-order valence-electron chi connectivity index (χ3n) is 2.67. The minimum absolute atomic E-state index is 0.0327. The molecule has 102 valence electrons. The zero-order chi connectivity index (χ0) is 13.9. The molecule has 1 N–H and O–H groups in total. The van der Waals surface area contributed by atoms with E-state index in [9.17, 15) is 0 Å². The second kappa shape index (κ2) is 5.44. The van der Waals surface area contributed by atoms with Gasteiger partial charge in [0.15, 0.2) is 0 Å². The van der Waals surface area contributed by atoms with E-state index in [1.54, 1.807) is 6.20 Å². The molecule has 2 rings (SSSR count). The first-order chi connectivity index (χ1) is 8.95. The summed E-state index contributed by atoms with van der Waals surface area (Å²) in [6.45, 7) is 9.57. The molecule has 0 aromatic carbocycles. The highest BCUT2D eigenvalue weighted by Crippen LogP contribution is 2.11. The fraction of sp³-hybridized carbons (Fsp3) is 0.538. The van der Waals surface area contributed by atoms with Crippen molar-refractivity contribution >= 4 is 0 Å². The Kier molecular flexibility index (Phi) is 3.90. The lowest BCUT2D eigenvalue weighted by Crippen LogP contribution is -2.22. The van der Waals surface area contributed by atoms with Gasteiger partial charge in [0.2, 0.25) is 0 Å². The number of hydrogen-bond donors (Lipinski definition) is 1. The summed E-state index contributed by atoms with van der Waals surface area (Å²) in [4.78, 5) is 8.41. The lowest BCUT2D eigenvalue weighted by atomic mass is 10.1. The monoisotopic (exact) mass is 260 g/mol. The van der Waals surface area contributed by atoms with Crippen LogP contribution in [-0.4, -0.2) is 25.0 Å². The van der Waals surface area contributed by atoms with Crippen molar-refractivity contribution in [3.05, 3.63) is 35.7 Å². The molecule has 0 aliphatic rings. The third-order valence-corrected chi connectivity index (χ3v) is 2.67. The Morgan fingerprint density at radius 2 is 1.95 bits per heavy atom. The van der Waals surface area contributed by atoms with E-state index in [-0.39, 0.29) is 5.54 Å². The molecule has 0 saturated heterocycles. The van der Waals surface area contributed by atoms with Crippen molar-refractivity contribution in [1.29, 1.82) is 0 Å². The maximum atomic E-state index is 4.33. The maximum absolute atomic E-state index is 4.33. The van der Waals surface area contributed by atoms with Gasteiger partial charge in [0.1, 0.15) is 5.82 Å².